The average molecular weight is 275 g/mol. The van der Waals surface area contributed by atoms with Gasteiger partial charge in [-0.05, 0) is 24.6 Å². The first kappa shape index (κ1) is 14.2. The van der Waals surface area contributed by atoms with Crippen LogP contribution in [0, 0.1) is 5.82 Å². The summed E-state index contributed by atoms with van der Waals surface area (Å²) in [6.45, 7) is 2.04. The number of benzene rings is 2. The second-order valence-electron chi connectivity index (χ2n) is 4.51. The molecule has 1 atom stereocenters. The third-order valence-corrected chi connectivity index (χ3v) is 3.21. The molecule has 20 heavy (non-hydrogen) atoms. The van der Waals surface area contributed by atoms with E-state index < -0.39 is 5.82 Å². The van der Waals surface area contributed by atoms with Gasteiger partial charge in [0.15, 0.2) is 11.6 Å². The molecule has 0 aliphatic rings. The minimum absolute atomic E-state index is 0.00935. The van der Waals surface area contributed by atoms with Crippen molar-refractivity contribution in [3.05, 3.63) is 53.8 Å². The summed E-state index contributed by atoms with van der Waals surface area (Å²) in [5.41, 5.74) is 1.64. The highest BCUT2D eigenvalue weighted by Crippen LogP contribution is 2.30. The van der Waals surface area contributed by atoms with Gasteiger partial charge in [-0.2, -0.15) is 0 Å². The van der Waals surface area contributed by atoms with Gasteiger partial charge in [0.1, 0.15) is 5.75 Å². The summed E-state index contributed by atoms with van der Waals surface area (Å²) in [5.74, 6) is -0.183. The second kappa shape index (κ2) is 6.28. The largest absolute Gasteiger partial charge is 0.505 e. The van der Waals surface area contributed by atoms with Crippen molar-refractivity contribution in [1.82, 2.24) is 0 Å². The molecule has 3 nitrogen and oxygen atoms in total. The molecule has 0 amide bonds. The van der Waals surface area contributed by atoms with Crippen molar-refractivity contribution in [2.24, 2.45) is 0 Å². The van der Waals surface area contributed by atoms with Gasteiger partial charge in [0, 0.05) is 17.3 Å². The van der Waals surface area contributed by atoms with Gasteiger partial charge in [-0.1, -0.05) is 25.1 Å². The molecular weight excluding hydrogens is 257 g/mol. The van der Waals surface area contributed by atoms with Crippen LogP contribution in [0.3, 0.4) is 0 Å². The van der Waals surface area contributed by atoms with Crippen LogP contribution in [0.25, 0.3) is 0 Å². The molecule has 0 saturated heterocycles. The predicted molar refractivity (Wildman–Crippen MR) is 77.7 cm³/mol. The maximum atomic E-state index is 13.4. The zero-order valence-electron chi connectivity index (χ0n) is 11.6. The van der Waals surface area contributed by atoms with Crippen molar-refractivity contribution < 1.29 is 14.2 Å². The number of anilines is 1. The van der Waals surface area contributed by atoms with E-state index in [4.69, 9.17) is 4.74 Å². The summed E-state index contributed by atoms with van der Waals surface area (Å²) in [5, 5.41) is 12.5. The number of phenols is 1. The number of halogens is 1. The fourth-order valence-corrected chi connectivity index (χ4v) is 2.15. The molecule has 0 radical (unpaired) electrons. The summed E-state index contributed by atoms with van der Waals surface area (Å²) in [6.07, 6.45) is 0.822. The van der Waals surface area contributed by atoms with Crippen LogP contribution in [0.4, 0.5) is 10.1 Å². The van der Waals surface area contributed by atoms with Gasteiger partial charge in [0.25, 0.3) is 0 Å². The van der Waals surface area contributed by atoms with Gasteiger partial charge in [-0.25, -0.2) is 4.39 Å². The van der Waals surface area contributed by atoms with Crippen molar-refractivity contribution in [3.8, 4) is 11.5 Å². The molecule has 0 aromatic heterocycles. The molecular formula is C16H18FNO2. The molecule has 2 aromatic rings. The number of phenolic OH excluding ortho intramolecular Hbond substituents is 1. The molecule has 0 heterocycles. The molecule has 0 fully saturated rings. The van der Waals surface area contributed by atoms with E-state index in [0.717, 1.165) is 17.7 Å². The summed E-state index contributed by atoms with van der Waals surface area (Å²) in [4.78, 5) is 0. The highest BCUT2D eigenvalue weighted by atomic mass is 19.1. The zero-order chi connectivity index (χ0) is 14.5. The second-order valence-corrected chi connectivity index (χ2v) is 4.51. The molecule has 0 spiro atoms. The van der Waals surface area contributed by atoms with Gasteiger partial charge in [0.2, 0.25) is 0 Å². The Kier molecular flexibility index (Phi) is 4.45. The lowest BCUT2D eigenvalue weighted by Crippen LogP contribution is -2.11. The van der Waals surface area contributed by atoms with Crippen LogP contribution in [-0.4, -0.2) is 12.2 Å². The third-order valence-electron chi connectivity index (χ3n) is 3.21. The Morgan fingerprint density at radius 1 is 1.25 bits per heavy atom. The summed E-state index contributed by atoms with van der Waals surface area (Å²) in [6, 6.07) is 12.0. The normalized spacial score (nSPS) is 11.9. The summed E-state index contributed by atoms with van der Waals surface area (Å²) < 4.78 is 18.7. The topological polar surface area (TPSA) is 41.5 Å². The lowest BCUT2D eigenvalue weighted by Gasteiger charge is -2.21. The maximum absolute atomic E-state index is 13.4. The summed E-state index contributed by atoms with van der Waals surface area (Å²) in [7, 11) is 1.63. The van der Waals surface area contributed by atoms with Crippen molar-refractivity contribution in [3.63, 3.8) is 0 Å². The Morgan fingerprint density at radius 2 is 2.00 bits per heavy atom. The van der Waals surface area contributed by atoms with E-state index in [0.29, 0.717) is 5.69 Å². The summed E-state index contributed by atoms with van der Waals surface area (Å²) >= 11 is 0. The number of ether oxygens (including phenoxy) is 1. The fourth-order valence-electron chi connectivity index (χ4n) is 2.15. The Bertz CT molecular complexity index is 586. The van der Waals surface area contributed by atoms with Crippen molar-refractivity contribution in [2.75, 3.05) is 12.4 Å². The molecule has 0 aliphatic carbocycles. The first-order chi connectivity index (χ1) is 9.65. The van der Waals surface area contributed by atoms with Crippen molar-refractivity contribution in [1.29, 1.82) is 0 Å². The number of hydrogen-bond acceptors (Lipinski definition) is 3. The quantitative estimate of drug-likeness (QED) is 0.807. The van der Waals surface area contributed by atoms with Crippen molar-refractivity contribution >= 4 is 5.69 Å². The molecule has 2 rings (SSSR count). The number of hydrogen-bond donors (Lipinski definition) is 2. The Balaban J connectivity index is 2.26. The zero-order valence-corrected chi connectivity index (χ0v) is 11.6. The van der Waals surface area contributed by atoms with Crippen LogP contribution >= 0.6 is 0 Å². The van der Waals surface area contributed by atoms with E-state index >= 15 is 0 Å². The van der Waals surface area contributed by atoms with Crippen LogP contribution in [-0.2, 0) is 0 Å². The average Bonchev–Trinajstić information content (AvgIpc) is 2.48. The smallest absolute Gasteiger partial charge is 0.166 e. The van der Waals surface area contributed by atoms with E-state index in [-0.39, 0.29) is 11.8 Å². The predicted octanol–water partition coefficient (Wildman–Crippen LogP) is 4.10. The SMILES string of the molecule is CCC(Nc1ccc(O)c(F)c1)c1ccccc1OC. The van der Waals surface area contributed by atoms with Gasteiger partial charge in [0.05, 0.1) is 13.2 Å². The Morgan fingerprint density at radius 3 is 2.65 bits per heavy atom. The maximum Gasteiger partial charge on any atom is 0.166 e. The van der Waals surface area contributed by atoms with Crippen LogP contribution in [0.2, 0.25) is 0 Å². The first-order valence-corrected chi connectivity index (χ1v) is 6.53. The van der Waals surface area contributed by atoms with E-state index in [1.165, 1.54) is 12.1 Å². The standard InChI is InChI=1S/C16H18FNO2/c1-3-14(12-6-4-5-7-16(12)20-2)18-11-8-9-15(19)13(17)10-11/h4-10,14,18-19H,3H2,1-2H3. The Labute approximate surface area is 118 Å². The van der Waals surface area contributed by atoms with Gasteiger partial charge in [-0.15, -0.1) is 0 Å². The molecule has 2 aromatic carbocycles. The van der Waals surface area contributed by atoms with E-state index in [1.54, 1.807) is 13.2 Å². The van der Waals surface area contributed by atoms with Crippen LogP contribution in [0.1, 0.15) is 24.9 Å². The van der Waals surface area contributed by atoms with E-state index in [2.05, 4.69) is 5.32 Å². The van der Waals surface area contributed by atoms with E-state index in [9.17, 15) is 9.50 Å². The van der Waals surface area contributed by atoms with Gasteiger partial charge >= 0.3 is 0 Å². The third kappa shape index (κ3) is 3.02. The molecule has 2 N–H and O–H groups in total. The fraction of sp³-hybridized carbons (Fsp3) is 0.250. The monoisotopic (exact) mass is 275 g/mol. The van der Waals surface area contributed by atoms with Crippen molar-refractivity contribution in [2.45, 2.75) is 19.4 Å². The molecule has 106 valence electrons. The number of rotatable bonds is 5. The first-order valence-electron chi connectivity index (χ1n) is 6.53. The lowest BCUT2D eigenvalue weighted by molar-refractivity contribution is 0.406. The highest BCUT2D eigenvalue weighted by molar-refractivity contribution is 5.50. The molecule has 1 unspecified atom stereocenters. The number of methoxy groups -OCH3 is 1. The van der Waals surface area contributed by atoms with Crippen LogP contribution in [0.5, 0.6) is 11.5 Å². The van der Waals surface area contributed by atoms with Gasteiger partial charge < -0.3 is 15.2 Å². The van der Waals surface area contributed by atoms with Crippen LogP contribution < -0.4 is 10.1 Å². The highest BCUT2D eigenvalue weighted by Gasteiger charge is 2.14. The molecule has 4 heteroatoms. The van der Waals surface area contributed by atoms with E-state index in [1.807, 2.05) is 31.2 Å². The lowest BCUT2D eigenvalue weighted by atomic mass is 10.0. The number of para-hydroxylation sites is 1. The molecule has 0 aliphatic heterocycles. The minimum Gasteiger partial charge on any atom is -0.505 e. The molecule has 0 bridgehead atoms. The number of aromatic hydroxyl groups is 1. The Hall–Kier alpha value is -2.23. The van der Waals surface area contributed by atoms with Crippen LogP contribution in [0.15, 0.2) is 42.5 Å². The molecule has 0 saturated carbocycles. The number of nitrogens with one attached hydrogen (secondary N) is 1. The minimum atomic E-state index is -0.634. The van der Waals surface area contributed by atoms with Gasteiger partial charge in [-0.3, -0.25) is 0 Å².